The topological polar surface area (TPSA) is 64.9 Å². The Morgan fingerprint density at radius 2 is 2.35 bits per heavy atom. The lowest BCUT2D eigenvalue weighted by Gasteiger charge is -2.15. The van der Waals surface area contributed by atoms with E-state index >= 15 is 0 Å². The Bertz CT molecular complexity index is 538. The lowest BCUT2D eigenvalue weighted by atomic mass is 10.1. The molecule has 4 nitrogen and oxygen atoms in total. The van der Waals surface area contributed by atoms with Crippen molar-refractivity contribution < 1.29 is 4.52 Å². The fraction of sp³-hybridized carbons (Fsp3) is 0.333. The van der Waals surface area contributed by atoms with Crippen molar-refractivity contribution in [2.75, 3.05) is 5.75 Å². The van der Waals surface area contributed by atoms with Gasteiger partial charge in [-0.25, -0.2) is 0 Å². The first-order chi connectivity index (χ1) is 8.36. The Kier molecular flexibility index (Phi) is 2.86. The third-order valence-corrected chi connectivity index (χ3v) is 4.00. The minimum absolute atomic E-state index is 0.284. The van der Waals surface area contributed by atoms with Gasteiger partial charge >= 0.3 is 0 Å². The predicted octanol–water partition coefficient (Wildman–Crippen LogP) is 2.23. The van der Waals surface area contributed by atoms with Gasteiger partial charge in [0.15, 0.2) is 0 Å². The van der Waals surface area contributed by atoms with E-state index in [1.54, 1.807) is 0 Å². The summed E-state index contributed by atoms with van der Waals surface area (Å²) in [5.41, 5.74) is 7.88. The molecule has 0 radical (unpaired) electrons. The summed E-state index contributed by atoms with van der Waals surface area (Å²) in [6, 6.07) is 6.36. The van der Waals surface area contributed by atoms with Crippen molar-refractivity contribution in [3.05, 3.63) is 29.7 Å². The Hall–Kier alpha value is -1.33. The van der Waals surface area contributed by atoms with Crippen molar-refractivity contribution >= 4 is 11.8 Å². The van der Waals surface area contributed by atoms with E-state index in [2.05, 4.69) is 28.3 Å². The van der Waals surface area contributed by atoms with Gasteiger partial charge in [-0.05, 0) is 30.2 Å². The molecule has 5 heteroatoms. The summed E-state index contributed by atoms with van der Waals surface area (Å²) in [6.07, 6.45) is 2.43. The van der Waals surface area contributed by atoms with Gasteiger partial charge in [0.1, 0.15) is 0 Å². The van der Waals surface area contributed by atoms with Gasteiger partial charge in [0.05, 0.1) is 6.54 Å². The third kappa shape index (κ3) is 2.08. The van der Waals surface area contributed by atoms with E-state index < -0.39 is 0 Å². The summed E-state index contributed by atoms with van der Waals surface area (Å²) in [4.78, 5) is 5.58. The minimum atomic E-state index is 0.284. The van der Waals surface area contributed by atoms with Crippen LogP contribution in [0.5, 0.6) is 0 Å². The SMILES string of the molecule is NCc1nc(-c2ccc3c(c2)SCCC3)no1. The van der Waals surface area contributed by atoms with Crippen molar-refractivity contribution in [1.82, 2.24) is 10.1 Å². The molecule has 0 amide bonds. The number of hydrogen-bond donors (Lipinski definition) is 1. The second-order valence-corrected chi connectivity index (χ2v) is 5.13. The molecule has 0 aliphatic carbocycles. The maximum atomic E-state index is 5.45. The highest BCUT2D eigenvalue weighted by atomic mass is 32.2. The van der Waals surface area contributed by atoms with E-state index in [0.717, 1.165) is 5.56 Å². The zero-order valence-corrected chi connectivity index (χ0v) is 10.2. The molecule has 0 atom stereocenters. The molecule has 0 spiro atoms. The molecule has 1 aromatic carbocycles. The average molecular weight is 247 g/mol. The van der Waals surface area contributed by atoms with Crippen molar-refractivity contribution in [2.24, 2.45) is 5.73 Å². The van der Waals surface area contributed by atoms with Gasteiger partial charge in [0, 0.05) is 10.5 Å². The summed E-state index contributed by atoms with van der Waals surface area (Å²) >= 11 is 1.90. The van der Waals surface area contributed by atoms with Crippen LogP contribution in [-0.2, 0) is 13.0 Å². The Morgan fingerprint density at radius 3 is 3.18 bits per heavy atom. The molecular formula is C12H13N3OS. The summed E-state index contributed by atoms with van der Waals surface area (Å²) < 4.78 is 5.02. The van der Waals surface area contributed by atoms with E-state index in [-0.39, 0.29) is 6.54 Å². The average Bonchev–Trinajstić information content (AvgIpc) is 2.87. The highest BCUT2D eigenvalue weighted by molar-refractivity contribution is 7.99. The van der Waals surface area contributed by atoms with E-state index in [4.69, 9.17) is 10.3 Å². The molecule has 3 rings (SSSR count). The first-order valence-corrected chi connectivity index (χ1v) is 6.64. The molecule has 2 aromatic rings. The van der Waals surface area contributed by atoms with Gasteiger partial charge in [0.2, 0.25) is 11.7 Å². The second-order valence-electron chi connectivity index (χ2n) is 3.99. The normalized spacial score (nSPS) is 14.6. The van der Waals surface area contributed by atoms with Gasteiger partial charge in [-0.15, -0.1) is 11.8 Å². The van der Waals surface area contributed by atoms with E-state index in [9.17, 15) is 0 Å². The zero-order chi connectivity index (χ0) is 11.7. The lowest BCUT2D eigenvalue weighted by Crippen LogP contribution is -1.98. The standard InChI is InChI=1S/C12H13N3OS/c13-7-11-14-12(15-16-11)9-4-3-8-2-1-5-17-10(8)6-9/h3-4,6H,1-2,5,7,13H2. The minimum Gasteiger partial charge on any atom is -0.338 e. The molecule has 2 N–H and O–H groups in total. The first-order valence-electron chi connectivity index (χ1n) is 5.65. The van der Waals surface area contributed by atoms with Gasteiger partial charge < -0.3 is 10.3 Å². The number of aryl methyl sites for hydroxylation is 1. The number of benzene rings is 1. The van der Waals surface area contributed by atoms with Crippen LogP contribution in [0.3, 0.4) is 0 Å². The fourth-order valence-corrected chi connectivity index (χ4v) is 3.01. The van der Waals surface area contributed by atoms with Crippen LogP contribution >= 0.6 is 11.8 Å². The number of nitrogens with two attached hydrogens (primary N) is 1. The summed E-state index contributed by atoms with van der Waals surface area (Å²) in [7, 11) is 0. The lowest BCUT2D eigenvalue weighted by molar-refractivity contribution is 0.380. The molecule has 2 heterocycles. The molecule has 1 aromatic heterocycles. The maximum Gasteiger partial charge on any atom is 0.240 e. The molecule has 0 bridgehead atoms. The quantitative estimate of drug-likeness (QED) is 0.881. The molecule has 0 saturated carbocycles. The van der Waals surface area contributed by atoms with Crippen LogP contribution in [-0.4, -0.2) is 15.9 Å². The molecule has 17 heavy (non-hydrogen) atoms. The van der Waals surface area contributed by atoms with Crippen molar-refractivity contribution in [2.45, 2.75) is 24.3 Å². The van der Waals surface area contributed by atoms with E-state index in [1.165, 1.54) is 29.1 Å². The molecule has 0 unspecified atom stereocenters. The van der Waals surface area contributed by atoms with Crippen LogP contribution in [0.25, 0.3) is 11.4 Å². The van der Waals surface area contributed by atoms with Crippen LogP contribution in [0.1, 0.15) is 17.9 Å². The van der Waals surface area contributed by atoms with E-state index in [0.29, 0.717) is 11.7 Å². The summed E-state index contributed by atoms with van der Waals surface area (Å²) in [5.74, 6) is 2.29. The molecular weight excluding hydrogens is 234 g/mol. The summed E-state index contributed by atoms with van der Waals surface area (Å²) in [5, 5.41) is 3.93. The van der Waals surface area contributed by atoms with Gasteiger partial charge in [-0.3, -0.25) is 0 Å². The fourth-order valence-electron chi connectivity index (χ4n) is 1.93. The van der Waals surface area contributed by atoms with Crippen LogP contribution < -0.4 is 5.73 Å². The Labute approximate surface area is 104 Å². The second kappa shape index (κ2) is 4.50. The first kappa shape index (κ1) is 10.8. The number of nitrogens with zero attached hydrogens (tertiary/aromatic N) is 2. The van der Waals surface area contributed by atoms with Gasteiger partial charge in [0.25, 0.3) is 0 Å². The van der Waals surface area contributed by atoms with Crippen molar-refractivity contribution in [3.8, 4) is 11.4 Å². The van der Waals surface area contributed by atoms with Gasteiger partial charge in [-0.1, -0.05) is 17.3 Å². The third-order valence-electron chi connectivity index (χ3n) is 2.82. The van der Waals surface area contributed by atoms with Crippen molar-refractivity contribution in [3.63, 3.8) is 0 Å². The van der Waals surface area contributed by atoms with E-state index in [1.807, 2.05) is 11.8 Å². The van der Waals surface area contributed by atoms with Crippen LogP contribution in [0.15, 0.2) is 27.6 Å². The van der Waals surface area contributed by atoms with Crippen LogP contribution in [0.2, 0.25) is 0 Å². The molecule has 1 aliphatic heterocycles. The molecule has 0 saturated heterocycles. The number of hydrogen-bond acceptors (Lipinski definition) is 5. The smallest absolute Gasteiger partial charge is 0.240 e. The highest BCUT2D eigenvalue weighted by Gasteiger charge is 2.13. The number of thioether (sulfide) groups is 1. The number of rotatable bonds is 2. The molecule has 88 valence electrons. The van der Waals surface area contributed by atoms with Crippen LogP contribution in [0, 0.1) is 0 Å². The molecule has 1 aliphatic rings. The number of fused-ring (bicyclic) bond motifs is 1. The Balaban J connectivity index is 1.97. The largest absolute Gasteiger partial charge is 0.338 e. The predicted molar refractivity (Wildman–Crippen MR) is 66.7 cm³/mol. The van der Waals surface area contributed by atoms with Crippen molar-refractivity contribution in [1.29, 1.82) is 0 Å². The maximum absolute atomic E-state index is 5.45. The monoisotopic (exact) mass is 247 g/mol. The van der Waals surface area contributed by atoms with Crippen LogP contribution in [0.4, 0.5) is 0 Å². The van der Waals surface area contributed by atoms with Gasteiger partial charge in [-0.2, -0.15) is 4.98 Å². The molecule has 0 fully saturated rings. The summed E-state index contributed by atoms with van der Waals surface area (Å²) in [6.45, 7) is 0.284. The highest BCUT2D eigenvalue weighted by Crippen LogP contribution is 2.32. The zero-order valence-electron chi connectivity index (χ0n) is 9.35. The Morgan fingerprint density at radius 1 is 1.41 bits per heavy atom. The number of aromatic nitrogens is 2.